The Morgan fingerprint density at radius 1 is 1.00 bits per heavy atom. The first-order chi connectivity index (χ1) is 13.0. The molecule has 6 heteroatoms. The van der Waals surface area contributed by atoms with Crippen molar-refractivity contribution in [2.24, 2.45) is 0 Å². The Kier molecular flexibility index (Phi) is 8.67. The number of hydrogen-bond acceptors (Lipinski definition) is 6. The maximum absolute atomic E-state index is 5.50. The van der Waals surface area contributed by atoms with E-state index in [4.69, 9.17) is 14.2 Å². The summed E-state index contributed by atoms with van der Waals surface area (Å²) in [6, 6.07) is 4.75. The van der Waals surface area contributed by atoms with Crippen molar-refractivity contribution >= 4 is 0 Å². The third-order valence-corrected chi connectivity index (χ3v) is 5.35. The third-order valence-electron chi connectivity index (χ3n) is 5.35. The van der Waals surface area contributed by atoms with Gasteiger partial charge in [0.1, 0.15) is 0 Å². The fraction of sp³-hybridized carbons (Fsp3) is 0.714. The van der Waals surface area contributed by atoms with Crippen LogP contribution in [0.25, 0.3) is 0 Å². The minimum absolute atomic E-state index is 0.628. The molecule has 0 bridgehead atoms. The summed E-state index contributed by atoms with van der Waals surface area (Å²) < 4.78 is 16.4. The molecule has 1 aliphatic heterocycles. The first kappa shape index (κ1) is 21.8. The van der Waals surface area contributed by atoms with Crippen LogP contribution in [0.3, 0.4) is 0 Å². The average molecular weight is 380 g/mol. The monoisotopic (exact) mass is 379 g/mol. The van der Waals surface area contributed by atoms with E-state index in [0.29, 0.717) is 11.8 Å². The summed E-state index contributed by atoms with van der Waals surface area (Å²) >= 11 is 0. The lowest BCUT2D eigenvalue weighted by Gasteiger charge is -2.38. The van der Waals surface area contributed by atoms with Crippen LogP contribution in [0.2, 0.25) is 0 Å². The van der Waals surface area contributed by atoms with Crippen molar-refractivity contribution in [2.75, 3.05) is 68.7 Å². The molecule has 1 heterocycles. The van der Waals surface area contributed by atoms with E-state index in [1.54, 1.807) is 21.3 Å². The molecule has 1 atom stereocenters. The Labute approximate surface area is 165 Å². The summed E-state index contributed by atoms with van der Waals surface area (Å²) in [5, 5.41) is 0. The van der Waals surface area contributed by atoms with Crippen LogP contribution in [-0.2, 0) is 6.54 Å². The number of methoxy groups -OCH3 is 3. The van der Waals surface area contributed by atoms with Gasteiger partial charge in [-0.2, -0.15) is 0 Å². The van der Waals surface area contributed by atoms with Gasteiger partial charge in [0.15, 0.2) is 11.5 Å². The standard InChI is InChI=1S/C21H37N3O3/c1-22(2)10-8-11-23(3)18-9-7-12-24(16-18)15-17-13-19(25-4)21(27-6)20(14-17)26-5/h13-14,18H,7-12,15-16H2,1-6H3/t18-/m1/s1. The quantitative estimate of drug-likeness (QED) is 0.622. The van der Waals surface area contributed by atoms with E-state index >= 15 is 0 Å². The van der Waals surface area contributed by atoms with Gasteiger partial charge in [0.25, 0.3) is 0 Å². The molecule has 0 aromatic heterocycles. The van der Waals surface area contributed by atoms with Crippen LogP contribution in [0.4, 0.5) is 0 Å². The van der Waals surface area contributed by atoms with Crippen molar-refractivity contribution < 1.29 is 14.2 Å². The third kappa shape index (κ3) is 6.26. The summed E-state index contributed by atoms with van der Waals surface area (Å²) in [6.45, 7) is 5.44. The van der Waals surface area contributed by atoms with Crippen molar-refractivity contribution in [1.82, 2.24) is 14.7 Å². The van der Waals surface area contributed by atoms with E-state index in [1.165, 1.54) is 24.8 Å². The highest BCUT2D eigenvalue weighted by atomic mass is 16.5. The van der Waals surface area contributed by atoms with Crippen molar-refractivity contribution in [3.8, 4) is 17.2 Å². The van der Waals surface area contributed by atoms with Crippen LogP contribution < -0.4 is 14.2 Å². The van der Waals surface area contributed by atoms with E-state index in [0.717, 1.165) is 44.2 Å². The van der Waals surface area contributed by atoms with E-state index in [1.807, 2.05) is 0 Å². The van der Waals surface area contributed by atoms with Gasteiger partial charge in [-0.1, -0.05) is 0 Å². The Bertz CT molecular complexity index is 555. The lowest BCUT2D eigenvalue weighted by atomic mass is 10.0. The Hall–Kier alpha value is -1.50. The zero-order chi connectivity index (χ0) is 19.8. The number of benzene rings is 1. The lowest BCUT2D eigenvalue weighted by molar-refractivity contribution is 0.109. The van der Waals surface area contributed by atoms with Crippen LogP contribution in [0.1, 0.15) is 24.8 Å². The van der Waals surface area contributed by atoms with Gasteiger partial charge in [-0.25, -0.2) is 0 Å². The van der Waals surface area contributed by atoms with Gasteiger partial charge in [-0.15, -0.1) is 0 Å². The molecule has 6 nitrogen and oxygen atoms in total. The molecule has 1 aliphatic rings. The molecule has 0 saturated carbocycles. The largest absolute Gasteiger partial charge is 0.493 e. The Balaban J connectivity index is 1.98. The van der Waals surface area contributed by atoms with Gasteiger partial charge in [0, 0.05) is 19.1 Å². The highest BCUT2D eigenvalue weighted by Crippen LogP contribution is 2.38. The molecule has 0 spiro atoms. The van der Waals surface area contributed by atoms with Gasteiger partial charge < -0.3 is 24.0 Å². The number of ether oxygens (including phenoxy) is 3. The maximum Gasteiger partial charge on any atom is 0.203 e. The number of hydrogen-bond donors (Lipinski definition) is 0. The fourth-order valence-corrected chi connectivity index (χ4v) is 3.84. The van der Waals surface area contributed by atoms with E-state index in [9.17, 15) is 0 Å². The summed E-state index contributed by atoms with van der Waals surface area (Å²) in [6.07, 6.45) is 3.74. The predicted molar refractivity (Wildman–Crippen MR) is 110 cm³/mol. The number of piperidine rings is 1. The molecule has 0 amide bonds. The van der Waals surface area contributed by atoms with Gasteiger partial charge in [-0.3, -0.25) is 4.90 Å². The van der Waals surface area contributed by atoms with Gasteiger partial charge in [-0.05, 0) is 77.7 Å². The second-order valence-electron chi connectivity index (χ2n) is 7.70. The van der Waals surface area contributed by atoms with Gasteiger partial charge in [0.2, 0.25) is 5.75 Å². The summed E-state index contributed by atoms with van der Waals surface area (Å²) in [5.74, 6) is 2.10. The normalized spacial score (nSPS) is 18.1. The van der Waals surface area contributed by atoms with Crippen molar-refractivity contribution in [1.29, 1.82) is 0 Å². The smallest absolute Gasteiger partial charge is 0.203 e. The Morgan fingerprint density at radius 3 is 2.22 bits per heavy atom. The highest BCUT2D eigenvalue weighted by Gasteiger charge is 2.24. The first-order valence-electron chi connectivity index (χ1n) is 9.84. The fourth-order valence-electron chi connectivity index (χ4n) is 3.84. The van der Waals surface area contributed by atoms with Crippen LogP contribution >= 0.6 is 0 Å². The van der Waals surface area contributed by atoms with E-state index in [2.05, 4.69) is 48.0 Å². The molecule has 0 N–H and O–H groups in total. The number of nitrogens with zero attached hydrogens (tertiary/aromatic N) is 3. The second-order valence-corrected chi connectivity index (χ2v) is 7.70. The van der Waals surface area contributed by atoms with Crippen LogP contribution in [0.5, 0.6) is 17.2 Å². The Morgan fingerprint density at radius 2 is 1.67 bits per heavy atom. The minimum Gasteiger partial charge on any atom is -0.493 e. The summed E-state index contributed by atoms with van der Waals surface area (Å²) in [5.41, 5.74) is 1.19. The molecule has 0 radical (unpaired) electrons. The zero-order valence-corrected chi connectivity index (χ0v) is 18.0. The topological polar surface area (TPSA) is 37.4 Å². The van der Waals surface area contributed by atoms with Gasteiger partial charge >= 0.3 is 0 Å². The second kappa shape index (κ2) is 10.7. The lowest BCUT2D eigenvalue weighted by Crippen LogP contribution is -2.46. The average Bonchev–Trinajstić information content (AvgIpc) is 2.66. The van der Waals surface area contributed by atoms with Crippen molar-refractivity contribution in [3.05, 3.63) is 17.7 Å². The highest BCUT2D eigenvalue weighted by molar-refractivity contribution is 5.53. The molecule has 154 valence electrons. The van der Waals surface area contributed by atoms with Crippen LogP contribution in [0, 0.1) is 0 Å². The molecule has 27 heavy (non-hydrogen) atoms. The molecule has 1 aromatic rings. The van der Waals surface area contributed by atoms with Crippen molar-refractivity contribution in [3.63, 3.8) is 0 Å². The molecular weight excluding hydrogens is 342 g/mol. The number of likely N-dealkylation sites (N-methyl/N-ethyl adjacent to an activating group) is 1. The zero-order valence-electron chi connectivity index (χ0n) is 18.0. The van der Waals surface area contributed by atoms with E-state index in [-0.39, 0.29) is 0 Å². The van der Waals surface area contributed by atoms with Crippen LogP contribution in [-0.4, -0.2) is 89.4 Å². The number of likely N-dealkylation sites (tertiary alicyclic amines) is 1. The molecule has 2 rings (SSSR count). The first-order valence-corrected chi connectivity index (χ1v) is 9.84. The molecule has 0 unspecified atom stereocenters. The SMILES string of the molecule is COc1cc(CN2CCC[C@@H](N(C)CCCN(C)C)C2)cc(OC)c1OC. The maximum atomic E-state index is 5.50. The van der Waals surface area contributed by atoms with E-state index < -0.39 is 0 Å². The summed E-state index contributed by atoms with van der Waals surface area (Å²) in [4.78, 5) is 7.33. The van der Waals surface area contributed by atoms with Crippen LogP contribution in [0.15, 0.2) is 12.1 Å². The van der Waals surface area contributed by atoms with Gasteiger partial charge in [0.05, 0.1) is 21.3 Å². The van der Waals surface area contributed by atoms with Crippen molar-refractivity contribution in [2.45, 2.75) is 31.8 Å². The number of rotatable bonds is 10. The predicted octanol–water partition coefficient (Wildman–Crippen LogP) is 2.56. The molecule has 0 aliphatic carbocycles. The molecule has 1 aromatic carbocycles. The molecular formula is C21H37N3O3. The summed E-state index contributed by atoms with van der Waals surface area (Å²) in [7, 11) is 11.5. The molecule has 1 fully saturated rings. The minimum atomic E-state index is 0.628. The molecule has 1 saturated heterocycles.